The summed E-state index contributed by atoms with van der Waals surface area (Å²) in [5.74, 6) is -1.51. The highest BCUT2D eigenvalue weighted by atomic mass is 32.2. The predicted octanol–water partition coefficient (Wildman–Crippen LogP) is 0.896. The largest absolute Gasteiger partial charge is 0.480 e. The molecular formula is C13H24N2O5S. The summed E-state index contributed by atoms with van der Waals surface area (Å²) in [5.41, 5.74) is -0.317. The normalized spacial score (nSPS) is 19.5. The third-order valence-corrected chi connectivity index (χ3v) is 4.73. The maximum Gasteiger partial charge on any atom is 0.326 e. The molecule has 1 fully saturated rings. The number of carbonyl (C=O) groups excluding carboxylic acids is 1. The van der Waals surface area contributed by atoms with Crippen molar-refractivity contribution < 1.29 is 23.1 Å². The van der Waals surface area contributed by atoms with Gasteiger partial charge < -0.3 is 15.7 Å². The van der Waals surface area contributed by atoms with Crippen LogP contribution in [-0.2, 0) is 14.6 Å². The van der Waals surface area contributed by atoms with E-state index in [1.54, 1.807) is 0 Å². The third-order valence-electron chi connectivity index (χ3n) is 3.75. The predicted molar refractivity (Wildman–Crippen MR) is 78.9 cm³/mol. The number of aliphatic carboxylic acids is 1. The van der Waals surface area contributed by atoms with Crippen molar-refractivity contribution in [1.29, 1.82) is 0 Å². The van der Waals surface area contributed by atoms with Gasteiger partial charge in [0.1, 0.15) is 15.9 Å². The Bertz CT molecular complexity index is 483. The zero-order valence-electron chi connectivity index (χ0n) is 12.5. The monoisotopic (exact) mass is 320 g/mol. The number of urea groups is 1. The fourth-order valence-electron chi connectivity index (χ4n) is 2.51. The van der Waals surface area contributed by atoms with E-state index < -0.39 is 27.9 Å². The Morgan fingerprint density at radius 3 is 2.29 bits per heavy atom. The third kappa shape index (κ3) is 6.79. The molecule has 1 rings (SSSR count). The number of carbonyl (C=O) groups is 2. The smallest absolute Gasteiger partial charge is 0.326 e. The minimum absolute atomic E-state index is 0.141. The second-order valence-corrected chi connectivity index (χ2v) is 8.29. The van der Waals surface area contributed by atoms with Crippen molar-refractivity contribution >= 4 is 21.8 Å². The van der Waals surface area contributed by atoms with Crippen molar-refractivity contribution in [2.24, 2.45) is 0 Å². The molecule has 0 spiro atoms. The molecule has 0 saturated heterocycles. The molecule has 3 N–H and O–H groups in total. The zero-order chi connectivity index (χ0) is 16.1. The molecule has 0 heterocycles. The second-order valence-electron chi connectivity index (χ2n) is 6.03. The molecule has 122 valence electrons. The molecule has 0 aromatic rings. The van der Waals surface area contributed by atoms with Gasteiger partial charge in [-0.15, -0.1) is 0 Å². The summed E-state index contributed by atoms with van der Waals surface area (Å²) >= 11 is 0. The highest BCUT2D eigenvalue weighted by Crippen LogP contribution is 2.27. The lowest BCUT2D eigenvalue weighted by Crippen LogP contribution is -2.54. The minimum atomic E-state index is -3.26. The Morgan fingerprint density at radius 2 is 1.81 bits per heavy atom. The van der Waals surface area contributed by atoms with Gasteiger partial charge in [-0.1, -0.05) is 19.3 Å². The van der Waals surface area contributed by atoms with Crippen molar-refractivity contribution in [2.75, 3.05) is 12.0 Å². The Kier molecular flexibility index (Phi) is 6.00. The molecule has 21 heavy (non-hydrogen) atoms. The summed E-state index contributed by atoms with van der Waals surface area (Å²) in [6, 6.07) is -1.76. The van der Waals surface area contributed by atoms with Crippen LogP contribution in [0.2, 0.25) is 0 Å². The van der Waals surface area contributed by atoms with E-state index >= 15 is 0 Å². The second kappa shape index (κ2) is 7.11. The summed E-state index contributed by atoms with van der Waals surface area (Å²) < 4.78 is 22.2. The lowest BCUT2D eigenvalue weighted by Gasteiger charge is -2.34. The van der Waals surface area contributed by atoms with E-state index in [0.29, 0.717) is 0 Å². The SMILES string of the molecule is CC1(NC(=O)NC(CCS(C)(=O)=O)C(=O)O)CCCCC1. The molecule has 0 bridgehead atoms. The van der Waals surface area contributed by atoms with Gasteiger partial charge in [0.15, 0.2) is 0 Å². The average molecular weight is 320 g/mol. The van der Waals surface area contributed by atoms with Gasteiger partial charge in [0.25, 0.3) is 0 Å². The molecule has 0 aromatic heterocycles. The highest BCUT2D eigenvalue weighted by molar-refractivity contribution is 7.90. The van der Waals surface area contributed by atoms with E-state index in [1.807, 2.05) is 6.92 Å². The Labute approximate surface area is 125 Å². The fourth-order valence-corrected chi connectivity index (χ4v) is 3.18. The first-order valence-electron chi connectivity index (χ1n) is 7.10. The van der Waals surface area contributed by atoms with Crippen LogP contribution in [-0.4, -0.2) is 49.1 Å². The van der Waals surface area contributed by atoms with Crippen LogP contribution in [0.25, 0.3) is 0 Å². The fraction of sp³-hybridized carbons (Fsp3) is 0.846. The summed E-state index contributed by atoms with van der Waals surface area (Å²) in [6.45, 7) is 1.94. The lowest BCUT2D eigenvalue weighted by molar-refractivity contribution is -0.139. The van der Waals surface area contributed by atoms with Crippen molar-refractivity contribution in [3.05, 3.63) is 0 Å². The van der Waals surface area contributed by atoms with Crippen LogP contribution in [0.4, 0.5) is 4.79 Å². The standard InChI is InChI=1S/C13H24N2O5S/c1-13(7-4-3-5-8-13)15-12(18)14-10(11(16)17)6-9-21(2,19)20/h10H,3-9H2,1-2H3,(H,16,17)(H2,14,15,18). The van der Waals surface area contributed by atoms with Crippen LogP contribution >= 0.6 is 0 Å². The average Bonchev–Trinajstić information content (AvgIpc) is 2.33. The number of carboxylic acids is 1. The van der Waals surface area contributed by atoms with E-state index in [0.717, 1.165) is 38.4 Å². The van der Waals surface area contributed by atoms with Gasteiger partial charge in [0, 0.05) is 11.8 Å². The molecule has 0 aromatic carbocycles. The minimum Gasteiger partial charge on any atom is -0.480 e. The van der Waals surface area contributed by atoms with E-state index in [4.69, 9.17) is 5.11 Å². The Hall–Kier alpha value is -1.31. The molecule has 7 nitrogen and oxygen atoms in total. The van der Waals surface area contributed by atoms with Gasteiger partial charge in [-0.3, -0.25) is 0 Å². The van der Waals surface area contributed by atoms with Gasteiger partial charge in [-0.25, -0.2) is 18.0 Å². The van der Waals surface area contributed by atoms with E-state index in [-0.39, 0.29) is 17.7 Å². The summed E-state index contributed by atoms with van der Waals surface area (Å²) in [6.07, 6.45) is 5.84. The number of rotatable bonds is 6. The van der Waals surface area contributed by atoms with E-state index in [2.05, 4.69) is 10.6 Å². The molecule has 0 radical (unpaired) electrons. The van der Waals surface area contributed by atoms with Crippen molar-refractivity contribution in [3.63, 3.8) is 0 Å². The molecule has 1 aliphatic rings. The molecule has 8 heteroatoms. The number of hydrogen-bond donors (Lipinski definition) is 3. The van der Waals surface area contributed by atoms with E-state index in [1.165, 1.54) is 0 Å². The number of nitrogens with one attached hydrogen (secondary N) is 2. The van der Waals surface area contributed by atoms with Crippen molar-refractivity contribution in [3.8, 4) is 0 Å². The zero-order valence-corrected chi connectivity index (χ0v) is 13.3. The number of hydrogen-bond acceptors (Lipinski definition) is 4. The van der Waals surface area contributed by atoms with Crippen molar-refractivity contribution in [1.82, 2.24) is 10.6 Å². The molecule has 1 saturated carbocycles. The molecule has 0 aliphatic heterocycles. The van der Waals surface area contributed by atoms with Gasteiger partial charge >= 0.3 is 12.0 Å². The molecule has 2 amide bonds. The number of sulfone groups is 1. The van der Waals surface area contributed by atoms with Crippen LogP contribution < -0.4 is 10.6 Å². The molecule has 1 aliphatic carbocycles. The summed E-state index contributed by atoms with van der Waals surface area (Å²) in [7, 11) is -3.26. The quantitative estimate of drug-likeness (QED) is 0.673. The van der Waals surface area contributed by atoms with Crippen LogP contribution in [0, 0.1) is 0 Å². The van der Waals surface area contributed by atoms with E-state index in [9.17, 15) is 18.0 Å². The number of amides is 2. The maximum absolute atomic E-state index is 11.9. The first-order valence-corrected chi connectivity index (χ1v) is 9.17. The lowest BCUT2D eigenvalue weighted by atomic mass is 9.83. The van der Waals surface area contributed by atoms with Crippen LogP contribution in [0.5, 0.6) is 0 Å². The topological polar surface area (TPSA) is 113 Å². The Morgan fingerprint density at radius 1 is 1.24 bits per heavy atom. The maximum atomic E-state index is 11.9. The first-order chi connectivity index (χ1) is 9.61. The highest BCUT2D eigenvalue weighted by Gasteiger charge is 2.30. The first kappa shape index (κ1) is 17.7. The van der Waals surface area contributed by atoms with Gasteiger partial charge in [-0.05, 0) is 26.2 Å². The van der Waals surface area contributed by atoms with Gasteiger partial charge in [0.2, 0.25) is 0 Å². The Balaban J connectivity index is 2.54. The van der Waals surface area contributed by atoms with Crippen LogP contribution in [0.1, 0.15) is 45.4 Å². The number of carboxylic acid groups (broad SMARTS) is 1. The summed E-state index contributed by atoms with van der Waals surface area (Å²) in [4.78, 5) is 23.0. The summed E-state index contributed by atoms with van der Waals surface area (Å²) in [5, 5.41) is 14.2. The van der Waals surface area contributed by atoms with Gasteiger partial charge in [0.05, 0.1) is 5.75 Å². The van der Waals surface area contributed by atoms with Crippen LogP contribution in [0.15, 0.2) is 0 Å². The van der Waals surface area contributed by atoms with Crippen molar-refractivity contribution in [2.45, 2.75) is 57.0 Å². The van der Waals surface area contributed by atoms with Gasteiger partial charge in [-0.2, -0.15) is 0 Å². The molecule has 1 unspecified atom stereocenters. The molecular weight excluding hydrogens is 296 g/mol. The van der Waals surface area contributed by atoms with Crippen LogP contribution in [0.3, 0.4) is 0 Å². The molecule has 1 atom stereocenters.